The van der Waals surface area contributed by atoms with Crippen molar-refractivity contribution < 1.29 is 60.0 Å². The van der Waals surface area contributed by atoms with E-state index in [0.29, 0.717) is 0 Å². The molecule has 10 N–H and O–H groups in total. The summed E-state index contributed by atoms with van der Waals surface area (Å²) in [5.41, 5.74) is 4.85. The number of aliphatic carboxylic acids is 4. The summed E-state index contributed by atoms with van der Waals surface area (Å²) >= 11 is 0. The van der Waals surface area contributed by atoms with E-state index in [1.807, 2.05) is 6.92 Å². The van der Waals surface area contributed by atoms with Gasteiger partial charge in [-0.2, -0.15) is 0 Å². The standard InChI is InChI=1S/2C4H6O6.C2H7N/c2*5-1(3(7)8)2(6)4(9)10;1-2-3/h2*1-2,5-6H,(H,7,8)(H,9,10);2-3H2,1H3. The molecular weight excluding hydrogens is 326 g/mol. The van der Waals surface area contributed by atoms with Crippen molar-refractivity contribution in [2.75, 3.05) is 6.54 Å². The summed E-state index contributed by atoms with van der Waals surface area (Å²) in [4.78, 5) is 39.1. The first kappa shape index (κ1) is 25.6. The normalized spacial score (nSPS) is 14.5. The van der Waals surface area contributed by atoms with Crippen LogP contribution in [0.2, 0.25) is 0 Å². The molecule has 0 amide bonds. The Kier molecular flexibility index (Phi) is 14.9. The van der Waals surface area contributed by atoms with Gasteiger partial charge in [-0.1, -0.05) is 6.92 Å². The summed E-state index contributed by atoms with van der Waals surface area (Å²) in [5.74, 6) is -7.07. The number of carboxylic acids is 4. The molecule has 0 aromatic rings. The lowest BCUT2D eigenvalue weighted by Gasteiger charge is -2.07. The van der Waals surface area contributed by atoms with Gasteiger partial charge in [-0.25, -0.2) is 19.2 Å². The third-order valence-electron chi connectivity index (χ3n) is 1.61. The molecule has 0 spiro atoms. The first-order valence-corrected chi connectivity index (χ1v) is 5.68. The fourth-order valence-electron chi connectivity index (χ4n) is 0.540. The zero-order chi connectivity index (χ0) is 19.3. The van der Waals surface area contributed by atoms with E-state index in [9.17, 15) is 19.2 Å². The van der Waals surface area contributed by atoms with Crippen LogP contribution in [0.1, 0.15) is 6.92 Å². The van der Waals surface area contributed by atoms with Crippen molar-refractivity contribution in [2.45, 2.75) is 31.3 Å². The average molecular weight is 345 g/mol. The van der Waals surface area contributed by atoms with Crippen LogP contribution in [-0.4, -0.2) is 95.7 Å². The Labute approximate surface area is 128 Å². The second kappa shape index (κ2) is 13.4. The van der Waals surface area contributed by atoms with Gasteiger partial charge in [-0.05, 0) is 6.54 Å². The average Bonchev–Trinajstić information content (AvgIpc) is 2.44. The highest BCUT2D eigenvalue weighted by Crippen LogP contribution is 1.93. The highest BCUT2D eigenvalue weighted by Gasteiger charge is 2.30. The third kappa shape index (κ3) is 13.1. The number of rotatable bonds is 6. The fourth-order valence-corrected chi connectivity index (χ4v) is 0.540. The number of aliphatic hydroxyl groups is 4. The van der Waals surface area contributed by atoms with Gasteiger partial charge >= 0.3 is 23.9 Å². The van der Waals surface area contributed by atoms with Crippen molar-refractivity contribution in [3.63, 3.8) is 0 Å². The van der Waals surface area contributed by atoms with Crippen molar-refractivity contribution in [1.82, 2.24) is 0 Å². The van der Waals surface area contributed by atoms with E-state index in [2.05, 4.69) is 0 Å². The highest BCUT2D eigenvalue weighted by atomic mass is 16.4. The number of hydrogen-bond donors (Lipinski definition) is 9. The van der Waals surface area contributed by atoms with Crippen LogP contribution in [0.3, 0.4) is 0 Å². The minimum Gasteiger partial charge on any atom is -0.479 e. The zero-order valence-corrected chi connectivity index (χ0v) is 11.8. The van der Waals surface area contributed by atoms with Gasteiger partial charge in [0.1, 0.15) is 0 Å². The van der Waals surface area contributed by atoms with Gasteiger partial charge in [0.2, 0.25) is 0 Å². The number of hydrogen-bond acceptors (Lipinski definition) is 9. The fraction of sp³-hybridized carbons (Fsp3) is 0.600. The van der Waals surface area contributed by atoms with E-state index in [1.165, 1.54) is 0 Å². The summed E-state index contributed by atoms with van der Waals surface area (Å²) in [6.45, 7) is 2.65. The van der Waals surface area contributed by atoms with E-state index in [-0.39, 0.29) is 0 Å². The van der Waals surface area contributed by atoms with Gasteiger partial charge in [-0.15, -0.1) is 0 Å². The summed E-state index contributed by atoms with van der Waals surface area (Å²) in [6, 6.07) is 0. The SMILES string of the molecule is CCN.O=C(O)C(O)C(O)C(=O)O.O=C(O)C(O)C(O)C(=O)O. The highest BCUT2D eigenvalue weighted by molar-refractivity contribution is 5.83. The van der Waals surface area contributed by atoms with Crippen LogP contribution in [0, 0.1) is 0 Å². The molecule has 0 rings (SSSR count). The first-order valence-electron chi connectivity index (χ1n) is 5.68. The predicted molar refractivity (Wildman–Crippen MR) is 69.3 cm³/mol. The number of aliphatic hydroxyl groups excluding tert-OH is 4. The van der Waals surface area contributed by atoms with Crippen molar-refractivity contribution in [2.24, 2.45) is 5.73 Å². The molecule has 4 atom stereocenters. The third-order valence-corrected chi connectivity index (χ3v) is 1.61. The van der Waals surface area contributed by atoms with Crippen LogP contribution in [0.4, 0.5) is 0 Å². The molecule has 0 saturated carbocycles. The Hall–Kier alpha value is -2.32. The van der Waals surface area contributed by atoms with E-state index < -0.39 is 48.3 Å². The first-order chi connectivity index (χ1) is 10.3. The molecule has 0 aromatic heterocycles. The molecule has 23 heavy (non-hydrogen) atoms. The summed E-state index contributed by atoms with van der Waals surface area (Å²) in [7, 11) is 0. The molecule has 0 aromatic carbocycles. The van der Waals surface area contributed by atoms with Gasteiger partial charge in [0.15, 0.2) is 24.4 Å². The number of carboxylic acid groups (broad SMARTS) is 4. The van der Waals surface area contributed by atoms with Gasteiger partial charge < -0.3 is 46.6 Å². The second-order valence-corrected chi connectivity index (χ2v) is 3.54. The largest absolute Gasteiger partial charge is 0.479 e. The van der Waals surface area contributed by atoms with E-state index in [1.54, 1.807) is 0 Å². The summed E-state index contributed by atoms with van der Waals surface area (Å²) < 4.78 is 0. The predicted octanol–water partition coefficient (Wildman–Crippen LogP) is -4.28. The molecule has 13 nitrogen and oxygen atoms in total. The van der Waals surface area contributed by atoms with Crippen molar-refractivity contribution in [1.29, 1.82) is 0 Å². The molecule has 0 fully saturated rings. The zero-order valence-electron chi connectivity index (χ0n) is 11.8. The number of carbonyl (C=O) groups is 4. The van der Waals surface area contributed by atoms with Crippen LogP contribution in [0.15, 0.2) is 0 Å². The van der Waals surface area contributed by atoms with Crippen LogP contribution in [-0.2, 0) is 19.2 Å². The minimum absolute atomic E-state index is 0.750. The molecular formula is C10H19NO12. The Morgan fingerprint density at radius 1 is 0.652 bits per heavy atom. The second-order valence-electron chi connectivity index (χ2n) is 3.54. The molecule has 0 saturated heterocycles. The molecule has 0 aliphatic carbocycles. The van der Waals surface area contributed by atoms with Crippen LogP contribution < -0.4 is 5.73 Å². The van der Waals surface area contributed by atoms with Crippen LogP contribution in [0.5, 0.6) is 0 Å². The van der Waals surface area contributed by atoms with Crippen molar-refractivity contribution >= 4 is 23.9 Å². The lowest BCUT2D eigenvalue weighted by molar-refractivity contribution is -0.165. The van der Waals surface area contributed by atoms with E-state index in [0.717, 1.165) is 6.54 Å². The summed E-state index contributed by atoms with van der Waals surface area (Å²) in [5, 5.41) is 65.1. The lowest BCUT2D eigenvalue weighted by atomic mass is 10.2. The van der Waals surface area contributed by atoms with Crippen molar-refractivity contribution in [3.05, 3.63) is 0 Å². The molecule has 4 unspecified atom stereocenters. The molecule has 0 aliphatic heterocycles. The van der Waals surface area contributed by atoms with Gasteiger partial charge in [-0.3, -0.25) is 0 Å². The Morgan fingerprint density at radius 3 is 0.783 bits per heavy atom. The molecule has 0 bridgehead atoms. The van der Waals surface area contributed by atoms with E-state index in [4.69, 9.17) is 46.6 Å². The minimum atomic E-state index is -2.27. The number of nitrogens with two attached hydrogens (primary N) is 1. The molecule has 13 heteroatoms. The molecule has 0 aliphatic rings. The van der Waals surface area contributed by atoms with Crippen molar-refractivity contribution in [3.8, 4) is 0 Å². The quantitative estimate of drug-likeness (QED) is 0.221. The maximum atomic E-state index is 9.77. The van der Waals surface area contributed by atoms with Gasteiger partial charge in [0.05, 0.1) is 0 Å². The topological polar surface area (TPSA) is 256 Å². The maximum absolute atomic E-state index is 9.77. The Bertz CT molecular complexity index is 325. The Morgan fingerprint density at radius 2 is 0.739 bits per heavy atom. The molecule has 136 valence electrons. The molecule has 0 heterocycles. The molecule has 0 radical (unpaired) electrons. The van der Waals surface area contributed by atoms with Crippen LogP contribution >= 0.6 is 0 Å². The lowest BCUT2D eigenvalue weighted by Crippen LogP contribution is -2.39. The Balaban J connectivity index is -0.000000297. The van der Waals surface area contributed by atoms with Gasteiger partial charge in [0.25, 0.3) is 0 Å². The summed E-state index contributed by atoms with van der Waals surface area (Å²) in [6.07, 6.45) is -9.06. The maximum Gasteiger partial charge on any atom is 0.335 e. The monoisotopic (exact) mass is 345 g/mol. The van der Waals surface area contributed by atoms with E-state index >= 15 is 0 Å². The van der Waals surface area contributed by atoms with Gasteiger partial charge in [0, 0.05) is 0 Å². The van der Waals surface area contributed by atoms with Crippen LogP contribution in [0.25, 0.3) is 0 Å². The smallest absolute Gasteiger partial charge is 0.335 e.